The maximum atomic E-state index is 12.5. The van der Waals surface area contributed by atoms with Crippen LogP contribution in [0.5, 0.6) is 0 Å². The van der Waals surface area contributed by atoms with E-state index in [1.54, 1.807) is 19.6 Å². The van der Waals surface area contributed by atoms with Crippen LogP contribution in [0.15, 0.2) is 24.3 Å². The monoisotopic (exact) mass is 1600 g/mol. The zero-order valence-electron chi connectivity index (χ0n) is 64.3. The number of carbonyl (C=O) groups is 10. The standard InChI is InChI=1S/C72H120N14O26/c87-60(73-20-9-8-11-58(67(100)101)76-72(104)77-59(68(102)103)17-18-61(88)89)12-7-5-3-1-2-4-6-10-22-81-27-30-85(31-28-81)71-79-69(74-21-34-106-36-38-108-40-42-110-44-46-112-48-47-111-45-43-109-41-39-107-37-35-105-33-19-62(90)91)78-70(80-71)75-56-15-13-55(14-16-56)49-57-50-84(53-65(96)97)26-25-82(51-63(92)93)23-24-83(52-64(94)95)29-32-86(57)54-66(98)99/h13-16,57-59H,1-12,17-54H2,(H,73,87)(H,88,89)(H,90,91)(H,92,93)(H,94,95)(H,96,97)(H,98,99)(H,100,101)(H,102,103)(H2,76,77,104)(H2,74,75,78,79,80)/t57?,58-,59-/m0/s1. The fraction of sp³-hybridized carbons (Fsp3) is 0.736. The van der Waals surface area contributed by atoms with Crippen LogP contribution in [0, 0.1) is 0 Å². The van der Waals surface area contributed by atoms with Crippen LogP contribution >= 0.6 is 0 Å². The molecule has 0 saturated carbocycles. The van der Waals surface area contributed by atoms with Crippen LogP contribution in [0.2, 0.25) is 0 Å². The van der Waals surface area contributed by atoms with Crippen molar-refractivity contribution in [2.75, 3.05) is 239 Å². The summed E-state index contributed by atoms with van der Waals surface area (Å²) in [5.41, 5.74) is 1.43. The minimum Gasteiger partial charge on any atom is -0.481 e. The normalized spacial score (nSPS) is 15.6. The molecule has 40 nitrogen and oxygen atoms in total. The molecule has 3 atom stereocenters. The van der Waals surface area contributed by atoms with Crippen LogP contribution in [0.25, 0.3) is 0 Å². The van der Waals surface area contributed by atoms with Gasteiger partial charge in [-0.05, 0) is 69.2 Å². The third-order valence-electron chi connectivity index (χ3n) is 17.8. The van der Waals surface area contributed by atoms with Gasteiger partial charge in [-0.2, -0.15) is 15.0 Å². The van der Waals surface area contributed by atoms with E-state index in [9.17, 15) is 78.6 Å². The third-order valence-corrected chi connectivity index (χ3v) is 17.8. The summed E-state index contributed by atoms with van der Waals surface area (Å²) in [5.74, 6) is -8.36. The summed E-state index contributed by atoms with van der Waals surface area (Å²) in [5, 5.41) is 89.5. The van der Waals surface area contributed by atoms with Gasteiger partial charge in [0.15, 0.2) is 0 Å². The van der Waals surface area contributed by atoms with Crippen molar-refractivity contribution in [3.8, 4) is 0 Å². The highest BCUT2D eigenvalue weighted by Crippen LogP contribution is 2.22. The Balaban J connectivity index is 1.23. The van der Waals surface area contributed by atoms with Gasteiger partial charge in [0.25, 0.3) is 0 Å². The largest absolute Gasteiger partial charge is 0.481 e. The number of amides is 3. The lowest BCUT2D eigenvalue weighted by Crippen LogP contribution is -2.53. The summed E-state index contributed by atoms with van der Waals surface area (Å²) in [6.45, 7) is 10.0. The van der Waals surface area contributed by atoms with Gasteiger partial charge >= 0.3 is 53.8 Å². The van der Waals surface area contributed by atoms with Crippen molar-refractivity contribution < 1.29 is 127 Å². The lowest BCUT2D eigenvalue weighted by atomic mass is 10.0. The average Bonchev–Trinajstić information content (AvgIpc) is 0.820. The second-order valence-corrected chi connectivity index (χ2v) is 26.8. The molecule has 1 aromatic carbocycles. The maximum Gasteiger partial charge on any atom is 0.326 e. The van der Waals surface area contributed by atoms with Crippen molar-refractivity contribution in [2.45, 2.75) is 121 Å². The lowest BCUT2D eigenvalue weighted by Gasteiger charge is -2.37. The summed E-state index contributed by atoms with van der Waals surface area (Å²) in [6.07, 6.45) is 8.60. The maximum absolute atomic E-state index is 12.5. The van der Waals surface area contributed by atoms with Gasteiger partial charge < -0.3 is 110 Å². The first-order valence-electron chi connectivity index (χ1n) is 38.5. The zero-order chi connectivity index (χ0) is 81.4. The summed E-state index contributed by atoms with van der Waals surface area (Å²) in [6, 6.07) is 2.99. The van der Waals surface area contributed by atoms with Gasteiger partial charge in [-0.1, -0.05) is 50.7 Å². The molecule has 2 saturated heterocycles. The molecule has 0 bridgehead atoms. The minimum atomic E-state index is -1.50. The topological polar surface area (TPSA) is 525 Å². The Morgan fingerprint density at radius 2 is 0.839 bits per heavy atom. The first-order valence-corrected chi connectivity index (χ1v) is 38.5. The number of rotatable bonds is 64. The Kier molecular flexibility index (Phi) is 50.9. The number of carboxylic acids is 8. The first-order chi connectivity index (χ1) is 54.0. The molecule has 2 aliphatic rings. The van der Waals surface area contributed by atoms with E-state index in [0.717, 1.165) is 76.6 Å². The molecular weight excluding hydrogens is 1480 g/mol. The second kappa shape index (κ2) is 59.3. The van der Waals surface area contributed by atoms with Crippen LogP contribution in [0.1, 0.15) is 102 Å². The molecule has 634 valence electrons. The number of nitrogens with zero attached hydrogens (tertiary/aromatic N) is 9. The lowest BCUT2D eigenvalue weighted by molar-refractivity contribution is -0.142. The number of aromatic nitrogens is 3. The Bertz CT molecular complexity index is 3040. The number of carboxylic acid groups (broad SMARTS) is 8. The smallest absolute Gasteiger partial charge is 0.326 e. The van der Waals surface area contributed by atoms with Gasteiger partial charge in [0.2, 0.25) is 23.8 Å². The number of aliphatic carboxylic acids is 8. The molecular formula is C72H120N14O26. The molecule has 1 unspecified atom stereocenters. The zero-order valence-corrected chi connectivity index (χ0v) is 64.3. The summed E-state index contributed by atoms with van der Waals surface area (Å²) < 4.78 is 44.2. The number of hydrogen-bond acceptors (Lipinski definition) is 29. The number of carbonyl (C=O) groups excluding carboxylic acids is 2. The molecule has 4 rings (SSSR count). The molecule has 112 heavy (non-hydrogen) atoms. The summed E-state index contributed by atoms with van der Waals surface area (Å²) in [4.78, 5) is 143. The van der Waals surface area contributed by atoms with Gasteiger partial charge in [-0.3, -0.25) is 58.1 Å². The number of anilines is 4. The van der Waals surface area contributed by atoms with E-state index in [-0.39, 0.29) is 110 Å². The van der Waals surface area contributed by atoms with Gasteiger partial charge in [-0.25, -0.2) is 14.4 Å². The number of ether oxygens (including phenoxy) is 8. The van der Waals surface area contributed by atoms with E-state index in [2.05, 4.69) is 36.4 Å². The molecule has 2 aliphatic heterocycles. The Hall–Kier alpha value is -8.39. The predicted octanol–water partition coefficient (Wildman–Crippen LogP) is 1.10. The highest BCUT2D eigenvalue weighted by Gasteiger charge is 2.30. The quantitative estimate of drug-likeness (QED) is 0.0412. The number of benzene rings is 1. The van der Waals surface area contributed by atoms with Crippen LogP contribution in [0.4, 0.5) is 28.3 Å². The molecule has 0 radical (unpaired) electrons. The number of piperazine rings is 1. The van der Waals surface area contributed by atoms with E-state index in [1.807, 2.05) is 24.3 Å². The van der Waals surface area contributed by atoms with E-state index in [4.69, 9.17) is 63.1 Å². The van der Waals surface area contributed by atoms with Crippen molar-refractivity contribution in [2.24, 2.45) is 0 Å². The summed E-state index contributed by atoms with van der Waals surface area (Å²) >= 11 is 0. The van der Waals surface area contributed by atoms with Gasteiger partial charge in [0.05, 0.1) is 138 Å². The fourth-order valence-electron chi connectivity index (χ4n) is 11.9. The fourth-order valence-corrected chi connectivity index (χ4v) is 11.9. The van der Waals surface area contributed by atoms with Crippen LogP contribution in [0.3, 0.4) is 0 Å². The van der Waals surface area contributed by atoms with E-state index < -0.39 is 84.9 Å². The molecule has 2 aromatic rings. The van der Waals surface area contributed by atoms with Gasteiger partial charge in [0, 0.05) is 110 Å². The van der Waals surface area contributed by atoms with Gasteiger partial charge in [-0.15, -0.1) is 0 Å². The molecule has 0 aliphatic carbocycles. The molecule has 0 spiro atoms. The number of unbranched alkanes of at least 4 members (excludes halogenated alkanes) is 8. The van der Waals surface area contributed by atoms with Crippen LogP contribution < -0.4 is 31.5 Å². The first kappa shape index (κ1) is 96.0. The van der Waals surface area contributed by atoms with Crippen molar-refractivity contribution in [3.63, 3.8) is 0 Å². The molecule has 2 fully saturated rings. The van der Waals surface area contributed by atoms with E-state index in [1.165, 1.54) is 0 Å². The molecule has 3 heterocycles. The van der Waals surface area contributed by atoms with Crippen molar-refractivity contribution in [3.05, 3.63) is 29.8 Å². The SMILES string of the molecule is O=C(O)CCOCCOCCOCCOCCOCCOCCOCCOCCNc1nc(Nc2ccc(CC3CN(CC(=O)O)CCN(CC(=O)O)CCN(CC(=O)O)CCN3CC(=O)O)cc2)nc(N2CCN(CCCCCCCCCCC(=O)NCCCC[C@H](NC(=O)N[C@@H](CCC(=O)O)C(=O)O)C(=O)O)CC2)n1. The van der Waals surface area contributed by atoms with Crippen molar-refractivity contribution >= 4 is 83.2 Å². The highest BCUT2D eigenvalue weighted by atomic mass is 16.6. The minimum absolute atomic E-state index is 0.0334. The number of nitrogens with one attached hydrogen (secondary N) is 5. The van der Waals surface area contributed by atoms with Crippen molar-refractivity contribution in [1.29, 1.82) is 0 Å². The molecule has 13 N–H and O–H groups in total. The second-order valence-electron chi connectivity index (χ2n) is 26.8. The Morgan fingerprint density at radius 1 is 0.402 bits per heavy atom. The predicted molar refractivity (Wildman–Crippen MR) is 404 cm³/mol. The third kappa shape index (κ3) is 47.9. The molecule has 1 aromatic heterocycles. The van der Waals surface area contributed by atoms with Crippen LogP contribution in [-0.4, -0.2) is 382 Å². The van der Waals surface area contributed by atoms with E-state index in [0.29, 0.717) is 162 Å². The Labute approximate surface area is 652 Å². The molecule has 3 amide bonds. The average molecular weight is 1600 g/mol. The number of hydrogen-bond donors (Lipinski definition) is 13. The summed E-state index contributed by atoms with van der Waals surface area (Å²) in [7, 11) is 0. The molecule has 40 heteroatoms. The number of urea groups is 1. The Morgan fingerprint density at radius 3 is 1.34 bits per heavy atom. The van der Waals surface area contributed by atoms with E-state index >= 15 is 0 Å². The van der Waals surface area contributed by atoms with Crippen LogP contribution in [-0.2, 0) is 87.5 Å². The highest BCUT2D eigenvalue weighted by molar-refractivity contribution is 5.86. The van der Waals surface area contributed by atoms with Gasteiger partial charge in [0.1, 0.15) is 12.1 Å². The van der Waals surface area contributed by atoms with Crippen molar-refractivity contribution in [1.82, 2.24) is 55.4 Å².